The van der Waals surface area contributed by atoms with Crippen molar-refractivity contribution in [2.45, 2.75) is 19.4 Å². The van der Waals surface area contributed by atoms with Gasteiger partial charge in [-0.05, 0) is 49.7 Å². The van der Waals surface area contributed by atoms with Gasteiger partial charge in [0.05, 0.1) is 38.2 Å². The first kappa shape index (κ1) is 23.6. The van der Waals surface area contributed by atoms with Crippen LogP contribution in [0.25, 0.3) is 11.4 Å². The van der Waals surface area contributed by atoms with Crippen LogP contribution in [0.15, 0.2) is 34.9 Å². The van der Waals surface area contributed by atoms with Gasteiger partial charge in [0, 0.05) is 17.1 Å². The monoisotopic (exact) mass is 532 g/mol. The van der Waals surface area contributed by atoms with E-state index in [1.54, 1.807) is 24.3 Å². The number of aromatic nitrogens is 2. The van der Waals surface area contributed by atoms with Crippen molar-refractivity contribution in [2.75, 3.05) is 18.4 Å². The average molecular weight is 535 g/mol. The Labute approximate surface area is 209 Å². The molecule has 1 amide bonds. The molecule has 1 atom stereocenters. The van der Waals surface area contributed by atoms with Crippen LogP contribution in [0.3, 0.4) is 0 Å². The first-order chi connectivity index (χ1) is 15.3. The first-order valence-corrected chi connectivity index (χ1v) is 11.6. The molecule has 1 aromatic heterocycles. The van der Waals surface area contributed by atoms with Gasteiger partial charge >= 0.3 is 0 Å². The summed E-state index contributed by atoms with van der Waals surface area (Å²) >= 11 is 30.4. The van der Waals surface area contributed by atoms with Crippen LogP contribution in [0.5, 0.6) is 0 Å². The Morgan fingerprint density at radius 3 is 2.62 bits per heavy atom. The van der Waals surface area contributed by atoms with Crippen LogP contribution in [0.1, 0.15) is 18.7 Å². The summed E-state index contributed by atoms with van der Waals surface area (Å²) in [5.41, 5.74) is 1.07. The second-order valence-corrected chi connectivity index (χ2v) is 9.51. The van der Waals surface area contributed by atoms with Gasteiger partial charge in [-0.2, -0.15) is 4.98 Å². The van der Waals surface area contributed by atoms with E-state index in [1.807, 2.05) is 0 Å². The van der Waals surface area contributed by atoms with E-state index in [1.165, 1.54) is 6.07 Å². The maximum absolute atomic E-state index is 12.8. The van der Waals surface area contributed by atoms with Crippen molar-refractivity contribution >= 4 is 69.6 Å². The molecule has 1 saturated heterocycles. The summed E-state index contributed by atoms with van der Waals surface area (Å²) in [6.45, 7) is 1.79. The molecule has 32 heavy (non-hydrogen) atoms. The molecule has 1 fully saturated rings. The van der Waals surface area contributed by atoms with Crippen molar-refractivity contribution < 1.29 is 9.32 Å². The smallest absolute Gasteiger partial charge is 0.241 e. The van der Waals surface area contributed by atoms with Crippen LogP contribution in [-0.4, -0.2) is 34.0 Å². The standard InChI is InChI=1S/C21H17Cl5N4O2/c22-12-3-4-13(14(23)6-12)20-28-19(32-29-20)10-30-5-1-2-11(9-30)21(31)27-18-8-16(25)15(24)7-17(18)26/h3-4,6-8,11H,1-2,5,9-10H2,(H,27,31). The molecule has 3 aromatic rings. The summed E-state index contributed by atoms with van der Waals surface area (Å²) in [5, 5.41) is 8.83. The highest BCUT2D eigenvalue weighted by Crippen LogP contribution is 2.33. The zero-order chi connectivity index (χ0) is 22.8. The summed E-state index contributed by atoms with van der Waals surface area (Å²) in [5.74, 6) is 0.485. The quantitative estimate of drug-likeness (QED) is 0.362. The van der Waals surface area contributed by atoms with Crippen LogP contribution in [0, 0.1) is 5.92 Å². The van der Waals surface area contributed by atoms with E-state index >= 15 is 0 Å². The molecular weight excluding hydrogens is 518 g/mol. The van der Waals surface area contributed by atoms with Gasteiger partial charge in [-0.3, -0.25) is 9.69 Å². The van der Waals surface area contributed by atoms with E-state index in [2.05, 4.69) is 20.4 Å². The van der Waals surface area contributed by atoms with Gasteiger partial charge in [-0.1, -0.05) is 63.2 Å². The number of nitrogens with zero attached hydrogens (tertiary/aromatic N) is 3. The fourth-order valence-corrected chi connectivity index (χ4v) is 4.64. The van der Waals surface area contributed by atoms with Crippen LogP contribution >= 0.6 is 58.0 Å². The lowest BCUT2D eigenvalue weighted by Crippen LogP contribution is -2.40. The zero-order valence-corrected chi connectivity index (χ0v) is 20.3. The molecule has 0 spiro atoms. The van der Waals surface area contributed by atoms with Gasteiger partial charge in [-0.25, -0.2) is 0 Å². The van der Waals surface area contributed by atoms with Crippen molar-refractivity contribution in [3.8, 4) is 11.4 Å². The molecule has 0 aliphatic carbocycles. The molecular formula is C21H17Cl5N4O2. The molecule has 168 valence electrons. The van der Waals surface area contributed by atoms with E-state index in [-0.39, 0.29) is 11.8 Å². The number of carbonyl (C=O) groups excluding carboxylic acids is 1. The van der Waals surface area contributed by atoms with Crippen molar-refractivity contribution in [2.24, 2.45) is 5.92 Å². The van der Waals surface area contributed by atoms with E-state index in [4.69, 9.17) is 62.5 Å². The second-order valence-electron chi connectivity index (χ2n) is 7.45. The Kier molecular flexibility index (Phi) is 7.50. The molecule has 6 nitrogen and oxygen atoms in total. The van der Waals surface area contributed by atoms with Crippen LogP contribution in [0.4, 0.5) is 5.69 Å². The molecule has 1 N–H and O–H groups in total. The maximum Gasteiger partial charge on any atom is 0.241 e. The first-order valence-electron chi connectivity index (χ1n) is 9.76. The molecule has 1 aliphatic heterocycles. The number of hydrogen-bond donors (Lipinski definition) is 1. The molecule has 1 unspecified atom stereocenters. The zero-order valence-electron chi connectivity index (χ0n) is 16.5. The lowest BCUT2D eigenvalue weighted by Gasteiger charge is -2.31. The number of halogens is 5. The average Bonchev–Trinajstić information content (AvgIpc) is 3.20. The molecule has 2 heterocycles. The third-order valence-corrected chi connectivity index (χ3v) is 6.73. The Morgan fingerprint density at radius 2 is 1.84 bits per heavy atom. The minimum Gasteiger partial charge on any atom is -0.338 e. The number of likely N-dealkylation sites (tertiary alicyclic amines) is 1. The number of nitrogens with one attached hydrogen (secondary N) is 1. The van der Waals surface area contributed by atoms with E-state index < -0.39 is 0 Å². The number of piperidine rings is 1. The molecule has 0 bridgehead atoms. The predicted octanol–water partition coefficient (Wildman–Crippen LogP) is 6.85. The predicted molar refractivity (Wildman–Crippen MR) is 128 cm³/mol. The Balaban J connectivity index is 1.40. The number of hydrogen-bond acceptors (Lipinski definition) is 5. The van der Waals surface area contributed by atoms with Crippen LogP contribution in [0.2, 0.25) is 25.1 Å². The van der Waals surface area contributed by atoms with Gasteiger partial charge in [0.1, 0.15) is 0 Å². The third kappa shape index (κ3) is 5.50. The van der Waals surface area contributed by atoms with Gasteiger partial charge < -0.3 is 9.84 Å². The SMILES string of the molecule is O=C(Nc1cc(Cl)c(Cl)cc1Cl)C1CCCN(Cc2nc(-c3ccc(Cl)cc3Cl)no2)C1. The molecule has 2 aromatic carbocycles. The Morgan fingerprint density at radius 1 is 1.06 bits per heavy atom. The summed E-state index contributed by atoms with van der Waals surface area (Å²) in [6.07, 6.45) is 1.62. The number of rotatable bonds is 5. The van der Waals surface area contributed by atoms with Crippen molar-refractivity contribution in [3.05, 3.63) is 61.3 Å². The van der Waals surface area contributed by atoms with Gasteiger partial charge in [-0.15, -0.1) is 0 Å². The topological polar surface area (TPSA) is 71.3 Å². The fraction of sp³-hybridized carbons (Fsp3) is 0.286. The van der Waals surface area contributed by atoms with E-state index in [0.717, 1.165) is 19.4 Å². The molecule has 1 aliphatic rings. The van der Waals surface area contributed by atoms with Gasteiger partial charge in [0.25, 0.3) is 0 Å². The summed E-state index contributed by atoms with van der Waals surface area (Å²) < 4.78 is 5.40. The molecule has 11 heteroatoms. The fourth-order valence-electron chi connectivity index (χ4n) is 3.56. The van der Waals surface area contributed by atoms with Crippen molar-refractivity contribution in [3.63, 3.8) is 0 Å². The van der Waals surface area contributed by atoms with Crippen molar-refractivity contribution in [1.82, 2.24) is 15.0 Å². The number of amides is 1. The highest BCUT2D eigenvalue weighted by atomic mass is 35.5. The Hall–Kier alpha value is -1.54. The lowest BCUT2D eigenvalue weighted by atomic mass is 9.97. The van der Waals surface area contributed by atoms with Crippen LogP contribution in [-0.2, 0) is 11.3 Å². The molecule has 0 saturated carbocycles. The largest absolute Gasteiger partial charge is 0.338 e. The number of anilines is 1. The van der Waals surface area contributed by atoms with E-state index in [0.29, 0.717) is 61.2 Å². The summed E-state index contributed by atoms with van der Waals surface area (Å²) in [6, 6.07) is 8.14. The summed E-state index contributed by atoms with van der Waals surface area (Å²) in [7, 11) is 0. The lowest BCUT2D eigenvalue weighted by molar-refractivity contribution is -0.121. The molecule has 4 rings (SSSR count). The Bertz CT molecular complexity index is 1150. The van der Waals surface area contributed by atoms with Crippen LogP contribution < -0.4 is 5.32 Å². The minimum absolute atomic E-state index is 0.130. The molecule has 0 radical (unpaired) electrons. The second kappa shape index (κ2) is 10.2. The highest BCUT2D eigenvalue weighted by Gasteiger charge is 2.27. The summed E-state index contributed by atoms with van der Waals surface area (Å²) in [4.78, 5) is 19.4. The van der Waals surface area contributed by atoms with Gasteiger partial charge in [0.2, 0.25) is 17.6 Å². The van der Waals surface area contributed by atoms with Crippen molar-refractivity contribution in [1.29, 1.82) is 0 Å². The third-order valence-electron chi connectivity index (χ3n) is 5.14. The van der Waals surface area contributed by atoms with E-state index in [9.17, 15) is 4.79 Å². The number of carbonyl (C=O) groups is 1. The minimum atomic E-state index is -0.220. The van der Waals surface area contributed by atoms with Gasteiger partial charge in [0.15, 0.2) is 0 Å². The maximum atomic E-state index is 12.8. The highest BCUT2D eigenvalue weighted by molar-refractivity contribution is 6.44. The normalized spacial score (nSPS) is 16.8. The number of benzene rings is 2.